The first-order chi connectivity index (χ1) is 13.8. The molecule has 0 radical (unpaired) electrons. The summed E-state index contributed by atoms with van der Waals surface area (Å²) in [5.74, 6) is 1.55. The Morgan fingerprint density at radius 3 is 2.64 bits per heavy atom. The summed E-state index contributed by atoms with van der Waals surface area (Å²) in [6.45, 7) is 7.09. The fraction of sp³-hybridized carbons (Fsp3) is 0.455. The summed E-state index contributed by atoms with van der Waals surface area (Å²) in [4.78, 5) is 2.46. The van der Waals surface area contributed by atoms with Crippen molar-refractivity contribution in [1.29, 1.82) is 0 Å². The topological polar surface area (TPSA) is 43.0 Å². The first-order valence-electron chi connectivity index (χ1n) is 9.81. The van der Waals surface area contributed by atoms with Crippen LogP contribution in [0.4, 0.5) is 0 Å². The van der Waals surface area contributed by atoms with E-state index in [1.54, 1.807) is 7.11 Å². The predicted molar refractivity (Wildman–Crippen MR) is 115 cm³/mol. The molecule has 2 aromatic carbocycles. The van der Waals surface area contributed by atoms with Gasteiger partial charge < -0.3 is 19.5 Å². The minimum atomic E-state index is 0.512. The van der Waals surface area contributed by atoms with E-state index in [1.807, 2.05) is 30.3 Å². The lowest BCUT2D eigenvalue weighted by atomic mass is 10.1. The first kappa shape index (κ1) is 21.1. The summed E-state index contributed by atoms with van der Waals surface area (Å²) in [7, 11) is 1.68. The van der Waals surface area contributed by atoms with Crippen molar-refractivity contribution in [3.63, 3.8) is 0 Å². The van der Waals surface area contributed by atoms with Gasteiger partial charge in [-0.2, -0.15) is 0 Å². The SMILES string of the molecule is COc1ccc(Br)c(CNCCCN2CCOCC2)c1OCc1ccccc1. The van der Waals surface area contributed by atoms with Gasteiger partial charge >= 0.3 is 0 Å². The van der Waals surface area contributed by atoms with Crippen LogP contribution in [-0.2, 0) is 17.9 Å². The molecule has 0 saturated carbocycles. The summed E-state index contributed by atoms with van der Waals surface area (Å²) >= 11 is 3.67. The average Bonchev–Trinajstić information content (AvgIpc) is 2.74. The van der Waals surface area contributed by atoms with Crippen molar-refractivity contribution in [1.82, 2.24) is 10.2 Å². The molecular formula is C22H29BrN2O3. The molecule has 1 fully saturated rings. The number of morpholine rings is 1. The van der Waals surface area contributed by atoms with Gasteiger partial charge in [-0.1, -0.05) is 46.3 Å². The first-order valence-corrected chi connectivity index (χ1v) is 10.6. The van der Waals surface area contributed by atoms with Gasteiger partial charge in [-0.05, 0) is 37.2 Å². The number of hydrogen-bond donors (Lipinski definition) is 1. The normalized spacial score (nSPS) is 14.8. The van der Waals surface area contributed by atoms with Gasteiger partial charge in [0.05, 0.1) is 20.3 Å². The molecule has 1 saturated heterocycles. The smallest absolute Gasteiger partial charge is 0.167 e. The summed E-state index contributed by atoms with van der Waals surface area (Å²) in [5.41, 5.74) is 2.22. The van der Waals surface area contributed by atoms with Crippen molar-refractivity contribution in [2.75, 3.05) is 46.5 Å². The van der Waals surface area contributed by atoms with Gasteiger partial charge in [-0.3, -0.25) is 4.90 Å². The molecule has 3 rings (SSSR count). The fourth-order valence-electron chi connectivity index (χ4n) is 3.26. The van der Waals surface area contributed by atoms with E-state index in [2.05, 4.69) is 38.3 Å². The zero-order valence-corrected chi connectivity index (χ0v) is 18.0. The van der Waals surface area contributed by atoms with E-state index < -0.39 is 0 Å². The molecule has 0 aromatic heterocycles. The number of halogens is 1. The van der Waals surface area contributed by atoms with Crippen molar-refractivity contribution in [2.24, 2.45) is 0 Å². The molecule has 0 amide bonds. The van der Waals surface area contributed by atoms with Gasteiger partial charge in [-0.25, -0.2) is 0 Å². The van der Waals surface area contributed by atoms with Gasteiger partial charge in [-0.15, -0.1) is 0 Å². The van der Waals surface area contributed by atoms with Crippen LogP contribution in [0.15, 0.2) is 46.9 Å². The number of benzene rings is 2. The van der Waals surface area contributed by atoms with Crippen LogP contribution in [0.25, 0.3) is 0 Å². The Morgan fingerprint density at radius 1 is 1.11 bits per heavy atom. The highest BCUT2D eigenvalue weighted by Gasteiger charge is 2.15. The fourth-order valence-corrected chi connectivity index (χ4v) is 3.71. The zero-order chi connectivity index (χ0) is 19.6. The Labute approximate surface area is 176 Å². The van der Waals surface area contributed by atoms with Crippen LogP contribution < -0.4 is 14.8 Å². The molecule has 28 heavy (non-hydrogen) atoms. The molecule has 2 aromatic rings. The second kappa shape index (κ2) is 11.4. The van der Waals surface area contributed by atoms with E-state index in [0.29, 0.717) is 6.61 Å². The summed E-state index contributed by atoms with van der Waals surface area (Å²) in [5, 5.41) is 3.55. The quantitative estimate of drug-likeness (QED) is 0.559. The molecule has 6 heteroatoms. The Bertz CT molecular complexity index is 721. The van der Waals surface area contributed by atoms with Crippen molar-refractivity contribution in [3.8, 4) is 11.5 Å². The molecular weight excluding hydrogens is 420 g/mol. The van der Waals surface area contributed by atoms with Crippen LogP contribution in [0, 0.1) is 0 Å². The van der Waals surface area contributed by atoms with Gasteiger partial charge in [0.15, 0.2) is 11.5 Å². The maximum Gasteiger partial charge on any atom is 0.167 e. The van der Waals surface area contributed by atoms with Crippen molar-refractivity contribution in [2.45, 2.75) is 19.6 Å². The van der Waals surface area contributed by atoms with Crippen LogP contribution in [0.1, 0.15) is 17.5 Å². The van der Waals surface area contributed by atoms with Crippen LogP contribution in [0.2, 0.25) is 0 Å². The Morgan fingerprint density at radius 2 is 1.89 bits per heavy atom. The Balaban J connectivity index is 1.56. The monoisotopic (exact) mass is 448 g/mol. The highest BCUT2D eigenvalue weighted by molar-refractivity contribution is 9.10. The number of nitrogens with zero attached hydrogens (tertiary/aromatic N) is 1. The van der Waals surface area contributed by atoms with E-state index in [4.69, 9.17) is 14.2 Å². The number of nitrogens with one attached hydrogen (secondary N) is 1. The van der Waals surface area contributed by atoms with Crippen LogP contribution in [0.3, 0.4) is 0 Å². The van der Waals surface area contributed by atoms with E-state index in [-0.39, 0.29) is 0 Å². The van der Waals surface area contributed by atoms with Gasteiger partial charge in [0, 0.05) is 29.7 Å². The molecule has 1 aliphatic heterocycles. The number of hydrogen-bond acceptors (Lipinski definition) is 5. The minimum Gasteiger partial charge on any atom is -0.493 e. The maximum absolute atomic E-state index is 6.16. The molecule has 0 aliphatic carbocycles. The maximum atomic E-state index is 6.16. The standard InChI is InChI=1S/C22H29BrN2O3/c1-26-21-9-8-20(23)19(22(21)28-17-18-6-3-2-4-7-18)16-24-10-5-11-25-12-14-27-15-13-25/h2-4,6-9,24H,5,10-17H2,1H3. The van der Waals surface area contributed by atoms with Crippen LogP contribution >= 0.6 is 15.9 Å². The number of rotatable bonds is 10. The van der Waals surface area contributed by atoms with E-state index in [9.17, 15) is 0 Å². The zero-order valence-electron chi connectivity index (χ0n) is 16.5. The van der Waals surface area contributed by atoms with Crippen molar-refractivity contribution in [3.05, 3.63) is 58.1 Å². The predicted octanol–water partition coefficient (Wildman–Crippen LogP) is 3.85. The van der Waals surface area contributed by atoms with Crippen LogP contribution in [-0.4, -0.2) is 51.4 Å². The lowest BCUT2D eigenvalue weighted by molar-refractivity contribution is 0.0374. The highest BCUT2D eigenvalue weighted by Crippen LogP contribution is 2.36. The molecule has 1 heterocycles. The highest BCUT2D eigenvalue weighted by atomic mass is 79.9. The average molecular weight is 449 g/mol. The number of ether oxygens (including phenoxy) is 3. The summed E-state index contributed by atoms with van der Waals surface area (Å²) < 4.78 is 18.1. The largest absolute Gasteiger partial charge is 0.493 e. The van der Waals surface area contributed by atoms with Gasteiger partial charge in [0.1, 0.15) is 6.61 Å². The van der Waals surface area contributed by atoms with E-state index in [0.717, 1.165) is 79.5 Å². The van der Waals surface area contributed by atoms with Crippen LogP contribution in [0.5, 0.6) is 11.5 Å². The Hall–Kier alpha value is -1.60. The third-order valence-electron chi connectivity index (χ3n) is 4.85. The van der Waals surface area contributed by atoms with Gasteiger partial charge in [0.2, 0.25) is 0 Å². The third-order valence-corrected chi connectivity index (χ3v) is 5.59. The Kier molecular flexibility index (Phi) is 8.61. The molecule has 0 unspecified atom stereocenters. The van der Waals surface area contributed by atoms with E-state index in [1.165, 1.54) is 0 Å². The summed E-state index contributed by atoms with van der Waals surface area (Å²) in [6.07, 6.45) is 1.11. The summed E-state index contributed by atoms with van der Waals surface area (Å²) in [6, 6.07) is 14.1. The second-order valence-corrected chi connectivity index (χ2v) is 7.67. The number of methoxy groups -OCH3 is 1. The molecule has 0 spiro atoms. The van der Waals surface area contributed by atoms with Crippen molar-refractivity contribution >= 4 is 15.9 Å². The molecule has 0 bridgehead atoms. The lowest BCUT2D eigenvalue weighted by Gasteiger charge is -2.26. The van der Waals surface area contributed by atoms with E-state index >= 15 is 0 Å². The second-order valence-electron chi connectivity index (χ2n) is 6.82. The van der Waals surface area contributed by atoms with Crippen molar-refractivity contribution < 1.29 is 14.2 Å². The lowest BCUT2D eigenvalue weighted by Crippen LogP contribution is -2.37. The molecule has 152 valence electrons. The molecule has 5 nitrogen and oxygen atoms in total. The molecule has 0 atom stereocenters. The molecule has 1 aliphatic rings. The third kappa shape index (κ3) is 6.21. The molecule has 1 N–H and O–H groups in total. The minimum absolute atomic E-state index is 0.512. The van der Waals surface area contributed by atoms with Gasteiger partial charge in [0.25, 0.3) is 0 Å².